The largest absolute Gasteiger partial charge is 0.294 e. The molecule has 0 aromatic heterocycles. The van der Waals surface area contributed by atoms with Crippen molar-refractivity contribution >= 4 is 39.8 Å². The summed E-state index contributed by atoms with van der Waals surface area (Å²) in [5.41, 5.74) is 1.49. The van der Waals surface area contributed by atoms with Crippen molar-refractivity contribution in [2.45, 2.75) is 6.42 Å². The maximum Gasteiger partial charge on any atom is 0.167 e. The Hall–Kier alpha value is -1.83. The first kappa shape index (κ1) is 14.1. The smallest absolute Gasteiger partial charge is 0.167 e. The highest BCUT2D eigenvalue weighted by Crippen LogP contribution is 2.23. The highest BCUT2D eigenvalue weighted by atomic mass is 35.5. The Bertz CT molecular complexity index is 824. The third-order valence-corrected chi connectivity index (χ3v) is 4.02. The van der Waals surface area contributed by atoms with E-state index in [-0.39, 0.29) is 12.2 Å². The monoisotopic (exact) mass is 314 g/mol. The second kappa shape index (κ2) is 5.88. The fraction of sp³-hybridized carbons (Fsp3) is 0.0556. The van der Waals surface area contributed by atoms with Gasteiger partial charge in [0.15, 0.2) is 5.78 Å². The van der Waals surface area contributed by atoms with Gasteiger partial charge in [0, 0.05) is 22.0 Å². The fourth-order valence-corrected chi connectivity index (χ4v) is 2.78. The molecule has 0 saturated heterocycles. The summed E-state index contributed by atoms with van der Waals surface area (Å²) in [5, 5.41) is 3.28. The average molecular weight is 315 g/mol. The van der Waals surface area contributed by atoms with E-state index in [1.807, 2.05) is 42.5 Å². The van der Waals surface area contributed by atoms with Crippen LogP contribution in [0.2, 0.25) is 10.0 Å². The summed E-state index contributed by atoms with van der Waals surface area (Å²) in [4.78, 5) is 12.4. The molecule has 0 bridgehead atoms. The molecule has 0 heterocycles. The van der Waals surface area contributed by atoms with Crippen LogP contribution in [0.4, 0.5) is 0 Å². The molecule has 0 unspecified atom stereocenters. The zero-order chi connectivity index (χ0) is 14.8. The molecule has 0 fully saturated rings. The van der Waals surface area contributed by atoms with Crippen molar-refractivity contribution < 1.29 is 4.79 Å². The molecular weight excluding hydrogens is 303 g/mol. The minimum atomic E-state index is 0.0463. The molecule has 104 valence electrons. The Morgan fingerprint density at radius 2 is 1.62 bits per heavy atom. The normalized spacial score (nSPS) is 10.8. The van der Waals surface area contributed by atoms with Crippen molar-refractivity contribution in [3.63, 3.8) is 0 Å². The van der Waals surface area contributed by atoms with Crippen LogP contribution < -0.4 is 0 Å². The summed E-state index contributed by atoms with van der Waals surface area (Å²) >= 11 is 12.0. The lowest BCUT2D eigenvalue weighted by molar-refractivity contribution is 0.0993. The topological polar surface area (TPSA) is 17.1 Å². The number of halogens is 2. The summed E-state index contributed by atoms with van der Waals surface area (Å²) in [6.45, 7) is 0. The second-order valence-corrected chi connectivity index (χ2v) is 5.74. The second-order valence-electron chi connectivity index (χ2n) is 4.90. The minimum Gasteiger partial charge on any atom is -0.294 e. The van der Waals surface area contributed by atoms with Gasteiger partial charge in [0.2, 0.25) is 0 Å². The highest BCUT2D eigenvalue weighted by Gasteiger charge is 2.10. The number of carbonyl (C=O) groups is 1. The van der Waals surface area contributed by atoms with Crippen LogP contribution in [0.15, 0.2) is 60.7 Å². The van der Waals surface area contributed by atoms with E-state index in [9.17, 15) is 4.79 Å². The van der Waals surface area contributed by atoms with Gasteiger partial charge in [-0.25, -0.2) is 0 Å². The van der Waals surface area contributed by atoms with Gasteiger partial charge in [0.1, 0.15) is 0 Å². The van der Waals surface area contributed by atoms with Crippen LogP contribution in [0.5, 0.6) is 0 Å². The molecule has 0 aliphatic heterocycles. The molecule has 0 spiro atoms. The Kier molecular flexibility index (Phi) is 3.96. The number of hydrogen-bond acceptors (Lipinski definition) is 1. The number of fused-ring (bicyclic) bond motifs is 1. The van der Waals surface area contributed by atoms with Gasteiger partial charge in [0.05, 0.1) is 0 Å². The molecule has 3 heteroatoms. The molecule has 3 rings (SSSR count). The molecule has 1 nitrogen and oxygen atoms in total. The van der Waals surface area contributed by atoms with Crippen molar-refractivity contribution in [1.82, 2.24) is 0 Å². The maximum atomic E-state index is 12.4. The van der Waals surface area contributed by atoms with E-state index in [0.717, 1.165) is 16.3 Å². The first-order valence-electron chi connectivity index (χ1n) is 6.59. The van der Waals surface area contributed by atoms with Gasteiger partial charge >= 0.3 is 0 Å². The van der Waals surface area contributed by atoms with Crippen LogP contribution in [0.25, 0.3) is 10.8 Å². The summed E-state index contributed by atoms with van der Waals surface area (Å²) < 4.78 is 0. The quantitative estimate of drug-likeness (QED) is 0.577. The molecule has 0 aliphatic rings. The molecule has 0 saturated carbocycles. The predicted molar refractivity (Wildman–Crippen MR) is 88.4 cm³/mol. The Morgan fingerprint density at radius 1 is 0.857 bits per heavy atom. The van der Waals surface area contributed by atoms with Crippen molar-refractivity contribution in [3.05, 3.63) is 81.8 Å². The van der Waals surface area contributed by atoms with Crippen LogP contribution in [0.3, 0.4) is 0 Å². The molecule has 0 aliphatic carbocycles. The van der Waals surface area contributed by atoms with Gasteiger partial charge in [-0.3, -0.25) is 4.79 Å². The lowest BCUT2D eigenvalue weighted by Gasteiger charge is -2.06. The number of benzene rings is 3. The average Bonchev–Trinajstić information content (AvgIpc) is 2.49. The predicted octanol–water partition coefficient (Wildman–Crippen LogP) is 5.57. The first-order chi connectivity index (χ1) is 10.1. The van der Waals surface area contributed by atoms with E-state index >= 15 is 0 Å². The molecule has 0 radical (unpaired) electrons. The first-order valence-corrected chi connectivity index (χ1v) is 7.35. The summed E-state index contributed by atoms with van der Waals surface area (Å²) in [6, 6.07) is 18.9. The molecule has 0 N–H and O–H groups in total. The van der Waals surface area contributed by atoms with Crippen molar-refractivity contribution in [2.75, 3.05) is 0 Å². The van der Waals surface area contributed by atoms with E-state index in [0.29, 0.717) is 15.6 Å². The van der Waals surface area contributed by atoms with Crippen LogP contribution >= 0.6 is 23.2 Å². The Labute approximate surface area is 133 Å². The van der Waals surface area contributed by atoms with E-state index in [2.05, 4.69) is 0 Å². The minimum absolute atomic E-state index is 0.0463. The maximum absolute atomic E-state index is 12.4. The van der Waals surface area contributed by atoms with Gasteiger partial charge in [-0.2, -0.15) is 0 Å². The standard InChI is InChI=1S/C18H12Cl2O/c19-16-8-7-14(17(20)11-16)10-18(21)15-6-5-12-3-1-2-4-13(12)9-15/h1-9,11H,10H2. The third kappa shape index (κ3) is 3.10. The van der Waals surface area contributed by atoms with Crippen LogP contribution in [-0.2, 0) is 6.42 Å². The molecule has 0 amide bonds. The van der Waals surface area contributed by atoms with E-state index in [4.69, 9.17) is 23.2 Å². The lowest BCUT2D eigenvalue weighted by atomic mass is 10.00. The van der Waals surface area contributed by atoms with Gasteiger partial charge < -0.3 is 0 Å². The van der Waals surface area contributed by atoms with Gasteiger partial charge in [-0.1, -0.05) is 65.7 Å². The zero-order valence-electron chi connectivity index (χ0n) is 11.1. The summed E-state index contributed by atoms with van der Waals surface area (Å²) in [7, 11) is 0. The summed E-state index contributed by atoms with van der Waals surface area (Å²) in [6.07, 6.45) is 0.272. The van der Waals surface area contributed by atoms with Crippen LogP contribution in [-0.4, -0.2) is 5.78 Å². The Balaban J connectivity index is 1.89. The molecule has 21 heavy (non-hydrogen) atoms. The molecule has 0 atom stereocenters. The zero-order valence-corrected chi connectivity index (χ0v) is 12.7. The Morgan fingerprint density at radius 3 is 2.38 bits per heavy atom. The van der Waals surface area contributed by atoms with Crippen LogP contribution in [0, 0.1) is 0 Å². The number of carbonyl (C=O) groups excluding carboxylic acids is 1. The van der Waals surface area contributed by atoms with Gasteiger partial charge in [-0.05, 0) is 34.5 Å². The summed E-state index contributed by atoms with van der Waals surface area (Å²) in [5.74, 6) is 0.0463. The van der Waals surface area contributed by atoms with E-state index < -0.39 is 0 Å². The molecule has 3 aromatic carbocycles. The van der Waals surface area contributed by atoms with E-state index in [1.54, 1.807) is 18.2 Å². The van der Waals surface area contributed by atoms with Crippen molar-refractivity contribution in [2.24, 2.45) is 0 Å². The third-order valence-electron chi connectivity index (χ3n) is 3.44. The van der Waals surface area contributed by atoms with E-state index in [1.165, 1.54) is 0 Å². The van der Waals surface area contributed by atoms with Gasteiger partial charge in [-0.15, -0.1) is 0 Å². The molecular formula is C18H12Cl2O. The number of rotatable bonds is 3. The fourth-order valence-electron chi connectivity index (χ4n) is 2.30. The number of hydrogen-bond donors (Lipinski definition) is 0. The molecule has 3 aromatic rings. The number of Topliss-reactive ketones (excluding diaryl/α,β-unsaturated/α-hetero) is 1. The van der Waals surface area contributed by atoms with Crippen molar-refractivity contribution in [3.8, 4) is 0 Å². The lowest BCUT2D eigenvalue weighted by Crippen LogP contribution is -2.04. The van der Waals surface area contributed by atoms with Gasteiger partial charge in [0.25, 0.3) is 0 Å². The number of ketones is 1. The van der Waals surface area contributed by atoms with Crippen molar-refractivity contribution in [1.29, 1.82) is 0 Å². The highest BCUT2D eigenvalue weighted by molar-refractivity contribution is 6.35. The van der Waals surface area contributed by atoms with Crippen LogP contribution in [0.1, 0.15) is 15.9 Å². The SMILES string of the molecule is O=C(Cc1ccc(Cl)cc1Cl)c1ccc2ccccc2c1.